The van der Waals surface area contributed by atoms with Crippen molar-refractivity contribution in [1.29, 1.82) is 0 Å². The van der Waals surface area contributed by atoms with Gasteiger partial charge in [0.2, 0.25) is 5.91 Å². The van der Waals surface area contributed by atoms with Gasteiger partial charge in [-0.2, -0.15) is 0 Å². The first-order valence-corrected chi connectivity index (χ1v) is 9.21. The Balaban J connectivity index is 1.26. The topological polar surface area (TPSA) is 41.1 Å². The molecule has 4 saturated carbocycles. The molecule has 21 heavy (non-hydrogen) atoms. The third kappa shape index (κ3) is 2.99. The molecule has 0 aromatic carbocycles. The zero-order valence-electron chi connectivity index (χ0n) is 13.2. The molecule has 3 nitrogen and oxygen atoms in total. The third-order valence-electron chi connectivity index (χ3n) is 6.68. The predicted octanol–water partition coefficient (Wildman–Crippen LogP) is 2.85. The summed E-state index contributed by atoms with van der Waals surface area (Å²) in [4.78, 5) is 12.4. The number of rotatable bonds is 5. The summed E-state index contributed by atoms with van der Waals surface area (Å²) in [6.45, 7) is 2.02. The van der Waals surface area contributed by atoms with E-state index < -0.39 is 0 Å². The molecule has 1 aliphatic heterocycles. The first-order valence-electron chi connectivity index (χ1n) is 9.21. The van der Waals surface area contributed by atoms with Crippen LogP contribution >= 0.6 is 0 Å². The van der Waals surface area contributed by atoms with E-state index >= 15 is 0 Å². The molecule has 1 saturated heterocycles. The van der Waals surface area contributed by atoms with Crippen LogP contribution in [0.3, 0.4) is 0 Å². The van der Waals surface area contributed by atoms with Crippen LogP contribution in [0.15, 0.2) is 0 Å². The summed E-state index contributed by atoms with van der Waals surface area (Å²) >= 11 is 0. The average molecular weight is 290 g/mol. The number of amides is 1. The summed E-state index contributed by atoms with van der Waals surface area (Å²) in [5, 5.41) is 6.71. The zero-order chi connectivity index (χ0) is 14.3. The second-order valence-corrected chi connectivity index (χ2v) is 8.53. The molecule has 5 rings (SSSR count). The van der Waals surface area contributed by atoms with Gasteiger partial charge >= 0.3 is 0 Å². The van der Waals surface area contributed by atoms with Gasteiger partial charge in [-0.1, -0.05) is 0 Å². The van der Waals surface area contributed by atoms with E-state index in [0.29, 0.717) is 17.4 Å². The van der Waals surface area contributed by atoms with Crippen molar-refractivity contribution in [2.24, 2.45) is 23.2 Å². The fourth-order valence-corrected chi connectivity index (χ4v) is 6.30. The van der Waals surface area contributed by atoms with Crippen LogP contribution in [0.4, 0.5) is 0 Å². The van der Waals surface area contributed by atoms with Crippen molar-refractivity contribution in [2.45, 2.75) is 70.3 Å². The molecule has 4 bridgehead atoms. The summed E-state index contributed by atoms with van der Waals surface area (Å²) in [6.07, 6.45) is 12.9. The van der Waals surface area contributed by atoms with Gasteiger partial charge in [0.15, 0.2) is 0 Å². The summed E-state index contributed by atoms with van der Waals surface area (Å²) in [5.74, 6) is 3.18. The second-order valence-electron chi connectivity index (χ2n) is 8.53. The van der Waals surface area contributed by atoms with E-state index in [2.05, 4.69) is 10.6 Å². The summed E-state index contributed by atoms with van der Waals surface area (Å²) in [7, 11) is 0. The number of carbonyl (C=O) groups excluding carboxylic acids is 1. The quantitative estimate of drug-likeness (QED) is 0.817. The van der Waals surface area contributed by atoms with Gasteiger partial charge in [0.05, 0.1) is 0 Å². The van der Waals surface area contributed by atoms with Crippen molar-refractivity contribution >= 4 is 5.91 Å². The summed E-state index contributed by atoms with van der Waals surface area (Å²) in [5.41, 5.74) is 0.393. The Morgan fingerprint density at radius 1 is 1.10 bits per heavy atom. The highest BCUT2D eigenvalue weighted by molar-refractivity contribution is 5.76. The van der Waals surface area contributed by atoms with Gasteiger partial charge in [-0.25, -0.2) is 0 Å². The molecule has 1 atom stereocenters. The highest BCUT2D eigenvalue weighted by Crippen LogP contribution is 2.61. The van der Waals surface area contributed by atoms with E-state index in [1.807, 2.05) is 0 Å². The van der Waals surface area contributed by atoms with Crippen LogP contribution in [0.5, 0.6) is 0 Å². The predicted molar refractivity (Wildman–Crippen MR) is 83.9 cm³/mol. The minimum atomic E-state index is 0.329. The molecule has 0 unspecified atom stereocenters. The summed E-state index contributed by atoms with van der Waals surface area (Å²) < 4.78 is 0. The van der Waals surface area contributed by atoms with Crippen LogP contribution in [0.2, 0.25) is 0 Å². The lowest BCUT2D eigenvalue weighted by Gasteiger charge is -2.56. The van der Waals surface area contributed by atoms with Crippen molar-refractivity contribution in [3.63, 3.8) is 0 Å². The highest BCUT2D eigenvalue weighted by Gasteiger charge is 2.51. The van der Waals surface area contributed by atoms with E-state index in [0.717, 1.165) is 43.7 Å². The van der Waals surface area contributed by atoms with Gasteiger partial charge in [-0.05, 0) is 87.5 Å². The largest absolute Gasteiger partial charge is 0.356 e. The van der Waals surface area contributed by atoms with Crippen molar-refractivity contribution in [3.05, 3.63) is 0 Å². The Labute approximate surface area is 128 Å². The van der Waals surface area contributed by atoms with Crippen molar-refractivity contribution in [3.8, 4) is 0 Å². The molecule has 4 aliphatic carbocycles. The number of carbonyl (C=O) groups is 1. The Bertz CT molecular complexity index is 365. The van der Waals surface area contributed by atoms with Crippen LogP contribution in [0.25, 0.3) is 0 Å². The molecule has 1 amide bonds. The molecule has 5 aliphatic rings. The standard InChI is InChI=1S/C18H30N2O/c21-17(20-5-3-16-2-1-4-19-16)12-18-9-13-6-14(10-18)8-15(7-13)11-18/h13-16,19H,1-12H2,(H,20,21)/t13?,14?,15?,16-,18?/m1/s1. The monoisotopic (exact) mass is 290 g/mol. The van der Waals surface area contributed by atoms with Gasteiger partial charge in [-0.15, -0.1) is 0 Å². The Hall–Kier alpha value is -0.570. The molecular weight excluding hydrogens is 260 g/mol. The fourth-order valence-electron chi connectivity index (χ4n) is 6.30. The van der Waals surface area contributed by atoms with Gasteiger partial charge < -0.3 is 10.6 Å². The van der Waals surface area contributed by atoms with Crippen LogP contribution < -0.4 is 10.6 Å². The van der Waals surface area contributed by atoms with E-state index in [-0.39, 0.29) is 0 Å². The molecule has 0 spiro atoms. The molecule has 0 aromatic heterocycles. The maximum Gasteiger partial charge on any atom is 0.220 e. The van der Waals surface area contributed by atoms with Crippen molar-refractivity contribution < 1.29 is 4.79 Å². The number of nitrogens with one attached hydrogen (secondary N) is 2. The van der Waals surface area contributed by atoms with E-state index in [1.54, 1.807) is 0 Å². The Morgan fingerprint density at radius 2 is 1.76 bits per heavy atom. The minimum Gasteiger partial charge on any atom is -0.356 e. The minimum absolute atomic E-state index is 0.329. The Kier molecular flexibility index (Phi) is 3.72. The number of hydrogen-bond donors (Lipinski definition) is 2. The van der Waals surface area contributed by atoms with Gasteiger partial charge in [0.25, 0.3) is 0 Å². The summed E-state index contributed by atoms with van der Waals surface area (Å²) in [6, 6.07) is 0.643. The fraction of sp³-hybridized carbons (Fsp3) is 0.944. The van der Waals surface area contributed by atoms with Gasteiger partial charge in [0.1, 0.15) is 0 Å². The van der Waals surface area contributed by atoms with Crippen LogP contribution in [-0.2, 0) is 4.79 Å². The maximum absolute atomic E-state index is 12.4. The first-order chi connectivity index (χ1) is 10.2. The maximum atomic E-state index is 12.4. The first kappa shape index (κ1) is 14.0. The molecule has 1 heterocycles. The van der Waals surface area contributed by atoms with E-state index in [9.17, 15) is 4.79 Å². The molecule has 118 valence electrons. The Morgan fingerprint density at radius 3 is 2.33 bits per heavy atom. The van der Waals surface area contributed by atoms with Crippen LogP contribution in [0, 0.1) is 23.2 Å². The third-order valence-corrected chi connectivity index (χ3v) is 6.68. The smallest absolute Gasteiger partial charge is 0.220 e. The lowest BCUT2D eigenvalue weighted by molar-refractivity contribution is -0.129. The lowest BCUT2D eigenvalue weighted by atomic mass is 9.49. The second kappa shape index (κ2) is 5.57. The molecule has 0 aromatic rings. The molecule has 2 N–H and O–H groups in total. The lowest BCUT2D eigenvalue weighted by Crippen LogP contribution is -2.48. The zero-order valence-corrected chi connectivity index (χ0v) is 13.2. The van der Waals surface area contributed by atoms with Crippen molar-refractivity contribution in [1.82, 2.24) is 10.6 Å². The van der Waals surface area contributed by atoms with Crippen LogP contribution in [-0.4, -0.2) is 25.0 Å². The molecule has 3 heteroatoms. The highest BCUT2D eigenvalue weighted by atomic mass is 16.1. The van der Waals surface area contributed by atoms with E-state index in [4.69, 9.17) is 0 Å². The van der Waals surface area contributed by atoms with Crippen molar-refractivity contribution in [2.75, 3.05) is 13.1 Å². The number of hydrogen-bond acceptors (Lipinski definition) is 2. The normalized spacial score (nSPS) is 44.2. The van der Waals surface area contributed by atoms with E-state index in [1.165, 1.54) is 51.4 Å². The van der Waals surface area contributed by atoms with Crippen LogP contribution in [0.1, 0.15) is 64.2 Å². The average Bonchev–Trinajstić information content (AvgIpc) is 2.89. The molecular formula is C18H30N2O. The van der Waals surface area contributed by atoms with Gasteiger partial charge in [-0.3, -0.25) is 4.79 Å². The molecule has 0 radical (unpaired) electrons. The SMILES string of the molecule is O=C(CC12CC3CC(CC(C3)C1)C2)NCC[C@H]1CCCN1. The van der Waals surface area contributed by atoms with Gasteiger partial charge in [0, 0.05) is 19.0 Å². The molecule has 5 fully saturated rings.